The van der Waals surface area contributed by atoms with Crippen LogP contribution in [0.4, 0.5) is 5.69 Å². The fourth-order valence-electron chi connectivity index (χ4n) is 2.50. The van der Waals surface area contributed by atoms with E-state index in [1.165, 1.54) is 18.9 Å². The molecule has 1 fully saturated rings. The minimum atomic E-state index is -0.461. The van der Waals surface area contributed by atoms with Gasteiger partial charge in [0.15, 0.2) is 23.3 Å². The number of hydrogen-bond donors (Lipinski definition) is 1. The molecule has 3 rings (SSSR count). The van der Waals surface area contributed by atoms with E-state index >= 15 is 0 Å². The maximum atomic E-state index is 12.3. The van der Waals surface area contributed by atoms with Gasteiger partial charge in [0.25, 0.3) is 5.91 Å². The van der Waals surface area contributed by atoms with E-state index in [1.807, 2.05) is 0 Å². The summed E-state index contributed by atoms with van der Waals surface area (Å²) in [4.78, 5) is 28.6. The number of esters is 1. The number of rotatable bonds is 7. The van der Waals surface area contributed by atoms with Crippen molar-refractivity contribution in [3.8, 4) is 11.5 Å². The van der Waals surface area contributed by atoms with Crippen molar-refractivity contribution >= 4 is 52.2 Å². The molecule has 1 amide bonds. The first-order valence-electron chi connectivity index (χ1n) is 9.00. The number of methoxy groups -OCH3 is 1. The van der Waals surface area contributed by atoms with Crippen LogP contribution in [0.15, 0.2) is 52.4 Å². The van der Waals surface area contributed by atoms with Crippen molar-refractivity contribution in [2.24, 2.45) is 4.99 Å². The molecule has 7 nitrogen and oxygen atoms in total. The lowest BCUT2D eigenvalue weighted by Crippen LogP contribution is -2.19. The van der Waals surface area contributed by atoms with Gasteiger partial charge in [-0.3, -0.25) is 4.79 Å². The molecule has 1 aliphatic heterocycles. The van der Waals surface area contributed by atoms with Gasteiger partial charge in [0, 0.05) is 5.02 Å². The van der Waals surface area contributed by atoms with Crippen LogP contribution in [0, 0.1) is 0 Å². The molecule has 2 aromatic rings. The van der Waals surface area contributed by atoms with Crippen LogP contribution in [0.3, 0.4) is 0 Å². The normalized spacial score (nSPS) is 15.9. The Hall–Kier alpha value is -2.97. The van der Waals surface area contributed by atoms with Gasteiger partial charge in [-0.25, -0.2) is 9.79 Å². The van der Waals surface area contributed by atoms with Gasteiger partial charge in [-0.1, -0.05) is 17.7 Å². The molecule has 0 spiro atoms. The Morgan fingerprint density at radius 1 is 1.20 bits per heavy atom. The van der Waals surface area contributed by atoms with E-state index in [-0.39, 0.29) is 19.1 Å². The minimum Gasteiger partial charge on any atom is -0.493 e. The number of amides is 1. The molecule has 0 radical (unpaired) electrons. The molecule has 0 bridgehead atoms. The standard InChI is InChI=1S/C21H19ClN2O5S/c1-3-28-19(25)12-29-16-9-4-13(10-17(16)27-2)11-18-20(26)24-21(30-18)23-15-7-5-14(22)6-8-15/h4-11H,3,12H2,1-2H3,(H,23,24,26)/b18-11-. The summed E-state index contributed by atoms with van der Waals surface area (Å²) in [6.45, 7) is 1.80. The van der Waals surface area contributed by atoms with Crippen molar-refractivity contribution < 1.29 is 23.8 Å². The highest BCUT2D eigenvalue weighted by Gasteiger charge is 2.24. The van der Waals surface area contributed by atoms with E-state index in [1.54, 1.807) is 55.5 Å². The number of carbonyl (C=O) groups is 2. The fourth-order valence-corrected chi connectivity index (χ4v) is 3.47. The molecule has 2 aromatic carbocycles. The summed E-state index contributed by atoms with van der Waals surface area (Å²) in [7, 11) is 1.50. The third-order valence-electron chi connectivity index (χ3n) is 3.84. The second-order valence-corrected chi connectivity index (χ2v) is 7.43. The monoisotopic (exact) mass is 446 g/mol. The fraction of sp³-hybridized carbons (Fsp3) is 0.190. The van der Waals surface area contributed by atoms with Crippen molar-refractivity contribution in [3.05, 3.63) is 58.0 Å². The Morgan fingerprint density at radius 2 is 1.97 bits per heavy atom. The molecule has 1 saturated heterocycles. The van der Waals surface area contributed by atoms with Crippen molar-refractivity contribution in [2.45, 2.75) is 6.92 Å². The number of thioether (sulfide) groups is 1. The summed E-state index contributed by atoms with van der Waals surface area (Å²) >= 11 is 7.11. The highest BCUT2D eigenvalue weighted by Crippen LogP contribution is 2.32. The summed E-state index contributed by atoms with van der Waals surface area (Å²) in [6.07, 6.45) is 1.72. The van der Waals surface area contributed by atoms with Gasteiger partial charge in [0.2, 0.25) is 0 Å². The van der Waals surface area contributed by atoms with Crippen LogP contribution < -0.4 is 14.8 Å². The molecule has 0 atom stereocenters. The maximum Gasteiger partial charge on any atom is 0.344 e. The van der Waals surface area contributed by atoms with Crippen molar-refractivity contribution in [2.75, 3.05) is 20.3 Å². The van der Waals surface area contributed by atoms with Crippen molar-refractivity contribution in [1.29, 1.82) is 0 Å². The molecule has 9 heteroatoms. The quantitative estimate of drug-likeness (QED) is 0.507. The second kappa shape index (κ2) is 10.2. The van der Waals surface area contributed by atoms with Crippen LogP contribution in [-0.4, -0.2) is 37.4 Å². The first kappa shape index (κ1) is 21.7. The predicted octanol–water partition coefficient (Wildman–Crippen LogP) is 4.18. The minimum absolute atomic E-state index is 0.215. The first-order chi connectivity index (χ1) is 14.5. The molecule has 1 aliphatic rings. The number of nitrogens with zero attached hydrogens (tertiary/aromatic N) is 1. The highest BCUT2D eigenvalue weighted by atomic mass is 35.5. The number of benzene rings is 2. The smallest absolute Gasteiger partial charge is 0.344 e. The number of carbonyl (C=O) groups excluding carboxylic acids is 2. The molecule has 1 heterocycles. The lowest BCUT2D eigenvalue weighted by Gasteiger charge is -2.11. The average molecular weight is 447 g/mol. The number of nitrogens with one attached hydrogen (secondary N) is 1. The number of hydrogen-bond acceptors (Lipinski definition) is 7. The summed E-state index contributed by atoms with van der Waals surface area (Å²) in [5.74, 6) is 0.139. The third kappa shape index (κ3) is 5.77. The van der Waals surface area contributed by atoms with E-state index in [0.29, 0.717) is 32.3 Å². The topological polar surface area (TPSA) is 86.2 Å². The first-order valence-corrected chi connectivity index (χ1v) is 10.2. The van der Waals surface area contributed by atoms with Gasteiger partial charge in [-0.05, 0) is 66.7 Å². The lowest BCUT2D eigenvalue weighted by molar-refractivity contribution is -0.145. The van der Waals surface area contributed by atoms with Gasteiger partial charge in [0.1, 0.15) is 0 Å². The van der Waals surface area contributed by atoms with Gasteiger partial charge in [-0.2, -0.15) is 0 Å². The van der Waals surface area contributed by atoms with Crippen molar-refractivity contribution in [1.82, 2.24) is 5.32 Å². The molecule has 1 N–H and O–H groups in total. The Morgan fingerprint density at radius 3 is 2.67 bits per heavy atom. The SMILES string of the molecule is CCOC(=O)COc1ccc(/C=C2\SC(=Nc3ccc(Cl)cc3)NC2=O)cc1OC. The molecule has 0 aliphatic carbocycles. The highest BCUT2D eigenvalue weighted by molar-refractivity contribution is 8.18. The molecular weight excluding hydrogens is 428 g/mol. The van der Waals surface area contributed by atoms with Crippen LogP contribution in [0.1, 0.15) is 12.5 Å². The Bertz CT molecular complexity index is 1000. The number of ether oxygens (including phenoxy) is 3. The zero-order chi connectivity index (χ0) is 21.5. The van der Waals surface area contributed by atoms with Crippen LogP contribution in [0.2, 0.25) is 5.02 Å². The molecule has 156 valence electrons. The zero-order valence-corrected chi connectivity index (χ0v) is 17.9. The van der Waals surface area contributed by atoms with Gasteiger partial charge < -0.3 is 19.5 Å². The zero-order valence-electron chi connectivity index (χ0n) is 16.3. The van der Waals surface area contributed by atoms with Crippen LogP contribution in [0.5, 0.6) is 11.5 Å². The number of aliphatic imine (C=N–C) groups is 1. The van der Waals surface area contributed by atoms with Crippen LogP contribution in [0.25, 0.3) is 6.08 Å². The van der Waals surface area contributed by atoms with Crippen LogP contribution in [-0.2, 0) is 14.3 Å². The molecule has 30 heavy (non-hydrogen) atoms. The molecular formula is C21H19ClN2O5S. The van der Waals surface area contributed by atoms with E-state index in [0.717, 1.165) is 5.56 Å². The van der Waals surface area contributed by atoms with Crippen molar-refractivity contribution in [3.63, 3.8) is 0 Å². The van der Waals surface area contributed by atoms with E-state index in [2.05, 4.69) is 10.3 Å². The van der Waals surface area contributed by atoms with E-state index in [9.17, 15) is 9.59 Å². The van der Waals surface area contributed by atoms with Crippen LogP contribution >= 0.6 is 23.4 Å². The van der Waals surface area contributed by atoms with Gasteiger partial charge in [-0.15, -0.1) is 0 Å². The second-order valence-electron chi connectivity index (χ2n) is 5.96. The van der Waals surface area contributed by atoms with Gasteiger partial charge >= 0.3 is 5.97 Å². The molecule has 0 saturated carbocycles. The molecule has 0 aromatic heterocycles. The number of amidine groups is 1. The molecule has 0 unspecified atom stereocenters. The average Bonchev–Trinajstić information content (AvgIpc) is 3.07. The number of halogens is 1. The van der Waals surface area contributed by atoms with E-state index in [4.69, 9.17) is 25.8 Å². The summed E-state index contributed by atoms with van der Waals surface area (Å²) < 4.78 is 15.6. The van der Waals surface area contributed by atoms with E-state index < -0.39 is 5.97 Å². The largest absolute Gasteiger partial charge is 0.493 e. The van der Waals surface area contributed by atoms with Gasteiger partial charge in [0.05, 0.1) is 24.3 Å². The Kier molecular flexibility index (Phi) is 7.37. The predicted molar refractivity (Wildman–Crippen MR) is 117 cm³/mol. The maximum absolute atomic E-state index is 12.3. The lowest BCUT2D eigenvalue weighted by atomic mass is 10.2. The third-order valence-corrected chi connectivity index (χ3v) is 5.01. The Balaban J connectivity index is 1.73. The Labute approximate surface area is 183 Å². The summed E-state index contributed by atoms with van der Waals surface area (Å²) in [5.41, 5.74) is 1.42. The summed E-state index contributed by atoms with van der Waals surface area (Å²) in [6, 6.07) is 12.2. The summed E-state index contributed by atoms with van der Waals surface area (Å²) in [5, 5.41) is 3.84.